The molecular formula is C15H14FN5. The quantitative estimate of drug-likeness (QED) is 0.734. The highest BCUT2D eigenvalue weighted by Gasteiger charge is 2.14. The first-order valence-corrected chi connectivity index (χ1v) is 6.48. The summed E-state index contributed by atoms with van der Waals surface area (Å²) in [6.45, 7) is 3.62. The molecule has 21 heavy (non-hydrogen) atoms. The van der Waals surface area contributed by atoms with E-state index in [9.17, 15) is 4.39 Å². The molecule has 2 aromatic carbocycles. The van der Waals surface area contributed by atoms with Crippen LogP contribution in [0.25, 0.3) is 17.1 Å². The molecule has 0 saturated heterocycles. The van der Waals surface area contributed by atoms with Crippen molar-refractivity contribution >= 4 is 5.69 Å². The van der Waals surface area contributed by atoms with Crippen molar-refractivity contribution in [1.82, 2.24) is 20.2 Å². The molecule has 3 aromatic rings. The first-order valence-electron chi connectivity index (χ1n) is 6.48. The molecule has 6 heteroatoms. The lowest BCUT2D eigenvalue weighted by molar-refractivity contribution is 0.617. The van der Waals surface area contributed by atoms with Gasteiger partial charge in [-0.2, -0.15) is 4.68 Å². The molecule has 0 aliphatic heterocycles. The van der Waals surface area contributed by atoms with Crippen molar-refractivity contribution < 1.29 is 4.39 Å². The van der Waals surface area contributed by atoms with Crippen LogP contribution in [0, 0.1) is 19.7 Å². The van der Waals surface area contributed by atoms with E-state index in [2.05, 4.69) is 15.5 Å². The Kier molecular flexibility index (Phi) is 3.13. The number of halogens is 1. The van der Waals surface area contributed by atoms with Gasteiger partial charge in [-0.3, -0.25) is 0 Å². The number of rotatable bonds is 2. The van der Waals surface area contributed by atoms with E-state index in [1.54, 1.807) is 23.7 Å². The Labute approximate surface area is 121 Å². The van der Waals surface area contributed by atoms with Gasteiger partial charge in [-0.25, -0.2) is 4.39 Å². The highest BCUT2D eigenvalue weighted by molar-refractivity contribution is 5.68. The van der Waals surface area contributed by atoms with Crippen LogP contribution in [0.5, 0.6) is 0 Å². The van der Waals surface area contributed by atoms with Gasteiger partial charge >= 0.3 is 0 Å². The topological polar surface area (TPSA) is 69.6 Å². The van der Waals surface area contributed by atoms with Crippen LogP contribution in [-0.4, -0.2) is 20.2 Å². The van der Waals surface area contributed by atoms with Crippen molar-refractivity contribution in [1.29, 1.82) is 0 Å². The van der Waals surface area contributed by atoms with E-state index >= 15 is 0 Å². The number of nitrogen functional groups attached to an aromatic ring is 1. The minimum atomic E-state index is -0.256. The fourth-order valence-corrected chi connectivity index (χ4v) is 2.19. The predicted octanol–water partition coefficient (Wildman–Crippen LogP) is 2.67. The molecule has 0 spiro atoms. The minimum absolute atomic E-state index is 0.256. The third-order valence-corrected chi connectivity index (χ3v) is 3.47. The second-order valence-corrected chi connectivity index (χ2v) is 4.87. The molecule has 1 heterocycles. The van der Waals surface area contributed by atoms with E-state index in [0.29, 0.717) is 22.8 Å². The molecule has 0 unspecified atom stereocenters. The lowest BCUT2D eigenvalue weighted by Crippen LogP contribution is -2.02. The van der Waals surface area contributed by atoms with Crippen LogP contribution in [0.15, 0.2) is 36.4 Å². The van der Waals surface area contributed by atoms with E-state index in [-0.39, 0.29) is 5.82 Å². The first kappa shape index (κ1) is 13.2. The van der Waals surface area contributed by atoms with Gasteiger partial charge in [0.2, 0.25) is 0 Å². The zero-order valence-corrected chi connectivity index (χ0v) is 11.7. The van der Waals surface area contributed by atoms with Gasteiger partial charge in [-0.05, 0) is 59.7 Å². The summed E-state index contributed by atoms with van der Waals surface area (Å²) in [6.07, 6.45) is 0. The average Bonchev–Trinajstić information content (AvgIpc) is 2.94. The maximum atomic E-state index is 13.4. The van der Waals surface area contributed by atoms with Crippen molar-refractivity contribution in [2.24, 2.45) is 0 Å². The molecule has 0 atom stereocenters. The van der Waals surface area contributed by atoms with Gasteiger partial charge < -0.3 is 5.73 Å². The molecule has 106 valence electrons. The summed E-state index contributed by atoms with van der Waals surface area (Å²) in [5.74, 6) is 0.319. The number of anilines is 1. The van der Waals surface area contributed by atoms with Crippen molar-refractivity contribution in [3.05, 3.63) is 53.3 Å². The Bertz CT molecular complexity index is 810. The van der Waals surface area contributed by atoms with Gasteiger partial charge in [-0.1, -0.05) is 12.1 Å². The van der Waals surface area contributed by atoms with E-state index < -0.39 is 0 Å². The standard InChI is InChI=1S/C15H14FN5/c1-9-8-11(6-7-13(9)16)21-15(18-19-20-21)12-4-3-5-14(17)10(12)2/h3-8H,17H2,1-2H3. The molecule has 0 radical (unpaired) electrons. The van der Waals surface area contributed by atoms with Gasteiger partial charge in [-0.15, -0.1) is 5.10 Å². The molecule has 0 bridgehead atoms. The van der Waals surface area contributed by atoms with Crippen molar-refractivity contribution in [3.8, 4) is 17.1 Å². The van der Waals surface area contributed by atoms with Crippen LogP contribution in [-0.2, 0) is 0 Å². The number of hydrogen-bond donors (Lipinski definition) is 1. The molecule has 3 rings (SSSR count). The molecule has 0 saturated carbocycles. The third-order valence-electron chi connectivity index (χ3n) is 3.47. The van der Waals surface area contributed by atoms with Gasteiger partial charge in [0.05, 0.1) is 5.69 Å². The van der Waals surface area contributed by atoms with Gasteiger partial charge in [0.1, 0.15) is 5.82 Å². The summed E-state index contributed by atoms with van der Waals surface area (Å²) in [5, 5.41) is 11.8. The minimum Gasteiger partial charge on any atom is -0.398 e. The van der Waals surface area contributed by atoms with E-state index in [0.717, 1.165) is 11.1 Å². The lowest BCUT2D eigenvalue weighted by Gasteiger charge is -2.09. The number of benzene rings is 2. The van der Waals surface area contributed by atoms with Crippen molar-refractivity contribution in [2.45, 2.75) is 13.8 Å². The second-order valence-electron chi connectivity index (χ2n) is 4.87. The molecule has 5 nitrogen and oxygen atoms in total. The van der Waals surface area contributed by atoms with Crippen LogP contribution < -0.4 is 5.73 Å². The van der Waals surface area contributed by atoms with Crippen LogP contribution in [0.4, 0.5) is 10.1 Å². The molecule has 0 amide bonds. The normalized spacial score (nSPS) is 10.8. The molecule has 2 N–H and O–H groups in total. The monoisotopic (exact) mass is 283 g/mol. The van der Waals surface area contributed by atoms with Gasteiger partial charge in [0.15, 0.2) is 5.82 Å². The highest BCUT2D eigenvalue weighted by Crippen LogP contribution is 2.26. The number of nitrogens with zero attached hydrogens (tertiary/aromatic N) is 4. The zero-order valence-electron chi connectivity index (χ0n) is 11.7. The second kappa shape index (κ2) is 4.97. The Balaban J connectivity index is 2.17. The number of hydrogen-bond acceptors (Lipinski definition) is 4. The van der Waals surface area contributed by atoms with E-state index in [1.807, 2.05) is 25.1 Å². The van der Waals surface area contributed by atoms with E-state index in [1.165, 1.54) is 6.07 Å². The maximum absolute atomic E-state index is 13.4. The van der Waals surface area contributed by atoms with Gasteiger partial charge in [0.25, 0.3) is 0 Å². The number of nitrogens with two attached hydrogens (primary N) is 1. The van der Waals surface area contributed by atoms with Crippen LogP contribution in [0.1, 0.15) is 11.1 Å². The molecular weight excluding hydrogens is 269 g/mol. The molecule has 1 aromatic heterocycles. The summed E-state index contributed by atoms with van der Waals surface area (Å²) in [6, 6.07) is 10.3. The zero-order chi connectivity index (χ0) is 15.0. The van der Waals surface area contributed by atoms with Crippen molar-refractivity contribution in [2.75, 3.05) is 5.73 Å². The summed E-state index contributed by atoms with van der Waals surface area (Å²) < 4.78 is 15.0. The number of aryl methyl sites for hydroxylation is 1. The Morgan fingerprint density at radius 1 is 1.14 bits per heavy atom. The summed E-state index contributed by atoms with van der Waals surface area (Å²) >= 11 is 0. The maximum Gasteiger partial charge on any atom is 0.187 e. The number of tetrazole rings is 1. The summed E-state index contributed by atoms with van der Waals surface area (Å²) in [7, 11) is 0. The predicted molar refractivity (Wildman–Crippen MR) is 78.4 cm³/mol. The molecule has 0 aliphatic rings. The molecule has 0 fully saturated rings. The Morgan fingerprint density at radius 3 is 2.71 bits per heavy atom. The largest absolute Gasteiger partial charge is 0.398 e. The SMILES string of the molecule is Cc1cc(-n2nnnc2-c2cccc(N)c2C)ccc1F. The molecule has 0 aliphatic carbocycles. The summed E-state index contributed by atoms with van der Waals surface area (Å²) in [5.41, 5.74) is 9.61. The average molecular weight is 283 g/mol. The first-order chi connectivity index (χ1) is 10.1. The van der Waals surface area contributed by atoms with E-state index in [4.69, 9.17) is 5.73 Å². The fraction of sp³-hybridized carbons (Fsp3) is 0.133. The van der Waals surface area contributed by atoms with Crippen LogP contribution in [0.3, 0.4) is 0 Å². The Hall–Kier alpha value is -2.76. The van der Waals surface area contributed by atoms with Crippen LogP contribution in [0.2, 0.25) is 0 Å². The van der Waals surface area contributed by atoms with Crippen LogP contribution >= 0.6 is 0 Å². The number of aromatic nitrogens is 4. The summed E-state index contributed by atoms with van der Waals surface area (Å²) in [4.78, 5) is 0. The van der Waals surface area contributed by atoms with Crippen molar-refractivity contribution in [3.63, 3.8) is 0 Å². The highest BCUT2D eigenvalue weighted by atomic mass is 19.1. The lowest BCUT2D eigenvalue weighted by atomic mass is 10.1. The Morgan fingerprint density at radius 2 is 1.95 bits per heavy atom. The third kappa shape index (κ3) is 2.24. The smallest absolute Gasteiger partial charge is 0.187 e. The fourth-order valence-electron chi connectivity index (χ4n) is 2.19. The van der Waals surface area contributed by atoms with Gasteiger partial charge in [0, 0.05) is 11.3 Å².